The Morgan fingerprint density at radius 2 is 2.00 bits per heavy atom. The SMILES string of the molecule is O=C(CC1CNc2ccccc21)OC1CCCCC1. The van der Waals surface area contributed by atoms with Crippen molar-refractivity contribution < 1.29 is 9.53 Å². The Hall–Kier alpha value is -1.51. The van der Waals surface area contributed by atoms with Crippen LogP contribution in [0.15, 0.2) is 24.3 Å². The van der Waals surface area contributed by atoms with Gasteiger partial charge >= 0.3 is 5.97 Å². The topological polar surface area (TPSA) is 38.3 Å². The second kappa shape index (κ2) is 5.64. The van der Waals surface area contributed by atoms with E-state index in [2.05, 4.69) is 17.4 Å². The maximum absolute atomic E-state index is 12.0. The van der Waals surface area contributed by atoms with Gasteiger partial charge < -0.3 is 10.1 Å². The number of benzene rings is 1. The van der Waals surface area contributed by atoms with E-state index in [1.54, 1.807) is 0 Å². The molecule has 3 heteroatoms. The van der Waals surface area contributed by atoms with E-state index < -0.39 is 0 Å². The molecule has 1 saturated carbocycles. The van der Waals surface area contributed by atoms with Crippen LogP contribution in [0, 0.1) is 0 Å². The van der Waals surface area contributed by atoms with Crippen LogP contribution in [0.5, 0.6) is 0 Å². The number of anilines is 1. The average Bonchev–Trinajstić information content (AvgIpc) is 2.83. The Labute approximate surface area is 114 Å². The summed E-state index contributed by atoms with van der Waals surface area (Å²) < 4.78 is 5.60. The molecule has 0 bridgehead atoms. The van der Waals surface area contributed by atoms with Gasteiger partial charge in [-0.25, -0.2) is 0 Å². The monoisotopic (exact) mass is 259 g/mol. The summed E-state index contributed by atoms with van der Waals surface area (Å²) in [5, 5.41) is 3.35. The predicted octanol–water partition coefficient (Wildman–Crippen LogP) is 3.46. The minimum absolute atomic E-state index is 0.0320. The number of esters is 1. The Bertz CT molecular complexity index is 452. The van der Waals surface area contributed by atoms with Gasteiger partial charge in [-0.2, -0.15) is 0 Å². The smallest absolute Gasteiger partial charge is 0.306 e. The molecule has 102 valence electrons. The van der Waals surface area contributed by atoms with Crippen molar-refractivity contribution in [2.75, 3.05) is 11.9 Å². The first-order valence-electron chi connectivity index (χ1n) is 7.35. The molecule has 1 unspecified atom stereocenters. The van der Waals surface area contributed by atoms with Gasteiger partial charge in [-0.15, -0.1) is 0 Å². The number of ether oxygens (including phenoxy) is 1. The third-order valence-electron chi connectivity index (χ3n) is 4.20. The van der Waals surface area contributed by atoms with Crippen molar-refractivity contribution in [2.24, 2.45) is 0 Å². The molecule has 0 aromatic heterocycles. The number of carbonyl (C=O) groups is 1. The molecule has 1 N–H and O–H groups in total. The number of carbonyl (C=O) groups excluding carboxylic acids is 1. The largest absolute Gasteiger partial charge is 0.462 e. The zero-order chi connectivity index (χ0) is 13.1. The first-order valence-corrected chi connectivity index (χ1v) is 7.35. The van der Waals surface area contributed by atoms with Crippen LogP contribution in [-0.2, 0) is 9.53 Å². The molecule has 1 aromatic carbocycles. The number of rotatable bonds is 3. The first kappa shape index (κ1) is 12.5. The third kappa shape index (κ3) is 2.91. The van der Waals surface area contributed by atoms with Crippen molar-refractivity contribution in [2.45, 2.75) is 50.5 Å². The van der Waals surface area contributed by atoms with Gasteiger partial charge in [0.1, 0.15) is 6.10 Å². The van der Waals surface area contributed by atoms with E-state index in [9.17, 15) is 4.79 Å². The van der Waals surface area contributed by atoms with Crippen molar-refractivity contribution in [1.29, 1.82) is 0 Å². The maximum atomic E-state index is 12.0. The lowest BCUT2D eigenvalue weighted by Gasteiger charge is -2.22. The van der Waals surface area contributed by atoms with Gasteiger partial charge in [0, 0.05) is 18.2 Å². The van der Waals surface area contributed by atoms with Gasteiger partial charge in [-0.1, -0.05) is 24.6 Å². The van der Waals surface area contributed by atoms with Gasteiger partial charge in [-0.3, -0.25) is 4.79 Å². The van der Waals surface area contributed by atoms with Gasteiger partial charge in [0.2, 0.25) is 0 Å². The van der Waals surface area contributed by atoms with Crippen molar-refractivity contribution in [3.8, 4) is 0 Å². The molecule has 1 aliphatic heterocycles. The molecule has 19 heavy (non-hydrogen) atoms. The van der Waals surface area contributed by atoms with Crippen molar-refractivity contribution in [3.05, 3.63) is 29.8 Å². The second-order valence-electron chi connectivity index (χ2n) is 5.62. The normalized spacial score (nSPS) is 22.6. The van der Waals surface area contributed by atoms with Crippen molar-refractivity contribution >= 4 is 11.7 Å². The minimum atomic E-state index is -0.0320. The summed E-state index contributed by atoms with van der Waals surface area (Å²) in [5.74, 6) is 0.239. The number of para-hydroxylation sites is 1. The van der Waals surface area contributed by atoms with Crippen LogP contribution < -0.4 is 5.32 Å². The Kier molecular flexibility index (Phi) is 3.72. The lowest BCUT2D eigenvalue weighted by molar-refractivity contribution is -0.150. The molecule has 2 aliphatic rings. The van der Waals surface area contributed by atoms with E-state index in [1.807, 2.05) is 12.1 Å². The summed E-state index contributed by atoms with van der Waals surface area (Å²) in [4.78, 5) is 12.0. The van der Waals surface area contributed by atoms with Crippen molar-refractivity contribution in [1.82, 2.24) is 0 Å². The number of nitrogens with one attached hydrogen (secondary N) is 1. The third-order valence-corrected chi connectivity index (χ3v) is 4.20. The van der Waals surface area contributed by atoms with E-state index >= 15 is 0 Å². The van der Waals surface area contributed by atoms with E-state index in [4.69, 9.17) is 4.74 Å². The molecule has 0 radical (unpaired) electrons. The van der Waals surface area contributed by atoms with Gasteiger partial charge in [0.25, 0.3) is 0 Å². The highest BCUT2D eigenvalue weighted by Crippen LogP contribution is 2.33. The molecular formula is C16H21NO2. The fourth-order valence-corrected chi connectivity index (χ4v) is 3.16. The first-order chi connectivity index (χ1) is 9.33. The molecule has 3 nitrogen and oxygen atoms in total. The molecule has 1 aromatic rings. The van der Waals surface area contributed by atoms with Crippen LogP contribution >= 0.6 is 0 Å². The quantitative estimate of drug-likeness (QED) is 0.845. The highest BCUT2D eigenvalue weighted by molar-refractivity contribution is 5.72. The fourth-order valence-electron chi connectivity index (χ4n) is 3.16. The lowest BCUT2D eigenvalue weighted by atomic mass is 9.96. The van der Waals surface area contributed by atoms with Crippen LogP contribution in [0.25, 0.3) is 0 Å². The van der Waals surface area contributed by atoms with Crippen LogP contribution in [0.2, 0.25) is 0 Å². The molecule has 1 heterocycles. The number of hydrogen-bond donors (Lipinski definition) is 1. The van der Waals surface area contributed by atoms with Gasteiger partial charge in [-0.05, 0) is 37.3 Å². The standard InChI is InChI=1S/C16H21NO2/c18-16(19-13-6-2-1-3-7-13)10-12-11-17-15-9-5-4-8-14(12)15/h4-5,8-9,12-13,17H,1-3,6-7,10-11H2. The minimum Gasteiger partial charge on any atom is -0.462 e. The lowest BCUT2D eigenvalue weighted by Crippen LogP contribution is -2.22. The summed E-state index contributed by atoms with van der Waals surface area (Å²) in [7, 11) is 0. The van der Waals surface area contributed by atoms with Crippen LogP contribution in [0.3, 0.4) is 0 Å². The molecule has 1 atom stereocenters. The molecule has 0 saturated heterocycles. The van der Waals surface area contributed by atoms with Gasteiger partial charge in [0.05, 0.1) is 6.42 Å². The van der Waals surface area contributed by atoms with Crippen molar-refractivity contribution in [3.63, 3.8) is 0 Å². The summed E-state index contributed by atoms with van der Waals surface area (Å²) in [6.45, 7) is 0.846. The summed E-state index contributed by atoms with van der Waals surface area (Å²) in [6, 6.07) is 8.23. The summed E-state index contributed by atoms with van der Waals surface area (Å²) in [5.41, 5.74) is 2.42. The molecule has 1 fully saturated rings. The molecule has 3 rings (SSSR count). The summed E-state index contributed by atoms with van der Waals surface area (Å²) in [6.07, 6.45) is 6.45. The Morgan fingerprint density at radius 1 is 1.21 bits per heavy atom. The number of hydrogen-bond acceptors (Lipinski definition) is 3. The fraction of sp³-hybridized carbons (Fsp3) is 0.562. The van der Waals surface area contributed by atoms with Crippen LogP contribution in [0.1, 0.15) is 50.0 Å². The molecule has 0 spiro atoms. The van der Waals surface area contributed by atoms with E-state index in [0.29, 0.717) is 6.42 Å². The van der Waals surface area contributed by atoms with E-state index in [0.717, 1.165) is 25.1 Å². The zero-order valence-corrected chi connectivity index (χ0v) is 11.2. The average molecular weight is 259 g/mol. The van der Waals surface area contributed by atoms with Gasteiger partial charge in [0.15, 0.2) is 0 Å². The second-order valence-corrected chi connectivity index (χ2v) is 5.62. The Morgan fingerprint density at radius 3 is 2.84 bits per heavy atom. The van der Waals surface area contributed by atoms with E-state index in [1.165, 1.54) is 24.8 Å². The highest BCUT2D eigenvalue weighted by Gasteiger charge is 2.26. The molecular weight excluding hydrogens is 238 g/mol. The summed E-state index contributed by atoms with van der Waals surface area (Å²) >= 11 is 0. The zero-order valence-electron chi connectivity index (χ0n) is 11.2. The maximum Gasteiger partial charge on any atom is 0.306 e. The predicted molar refractivity (Wildman–Crippen MR) is 75.3 cm³/mol. The van der Waals surface area contributed by atoms with Crippen LogP contribution in [0.4, 0.5) is 5.69 Å². The van der Waals surface area contributed by atoms with Crippen LogP contribution in [-0.4, -0.2) is 18.6 Å². The highest BCUT2D eigenvalue weighted by atomic mass is 16.5. The van der Waals surface area contributed by atoms with E-state index in [-0.39, 0.29) is 18.0 Å². The number of fused-ring (bicyclic) bond motifs is 1. The molecule has 0 amide bonds. The Balaban J connectivity index is 1.55. The molecule has 1 aliphatic carbocycles.